The van der Waals surface area contributed by atoms with Gasteiger partial charge in [-0.15, -0.1) is 24.6 Å². The van der Waals surface area contributed by atoms with Crippen LogP contribution < -0.4 is 5.11 Å². The van der Waals surface area contributed by atoms with Crippen molar-refractivity contribution >= 4 is 41.4 Å². The van der Waals surface area contributed by atoms with Crippen LogP contribution in [0.1, 0.15) is 19.8 Å². The van der Waals surface area contributed by atoms with E-state index in [1.54, 1.807) is 0 Å². The summed E-state index contributed by atoms with van der Waals surface area (Å²) in [6.45, 7) is 1.79. The number of hydrogen-bond donors (Lipinski definition) is 0. The van der Waals surface area contributed by atoms with E-state index in [0.29, 0.717) is 11.0 Å². The molecule has 0 aromatic carbocycles. The van der Waals surface area contributed by atoms with Gasteiger partial charge in [0.25, 0.3) is 0 Å². The van der Waals surface area contributed by atoms with Gasteiger partial charge in [-0.2, -0.15) is 0 Å². The van der Waals surface area contributed by atoms with E-state index in [1.165, 1.54) is 6.92 Å². The van der Waals surface area contributed by atoms with Crippen LogP contribution in [0.15, 0.2) is 0 Å². The third-order valence-corrected chi connectivity index (χ3v) is 2.00. The Labute approximate surface area is 119 Å². The minimum absolute atomic E-state index is 0. The molecule has 0 saturated heterocycles. The molecule has 0 bridgehead atoms. The first-order valence-electron chi connectivity index (χ1n) is 5.29. The smallest absolute Gasteiger partial charge is 0.313 e. The molecule has 0 aliphatic carbocycles. The lowest BCUT2D eigenvalue weighted by Gasteiger charge is -2.29. The summed E-state index contributed by atoms with van der Waals surface area (Å²) in [4.78, 5) is 22.1. The summed E-state index contributed by atoms with van der Waals surface area (Å²) >= 11 is 4.48. The van der Waals surface area contributed by atoms with Crippen molar-refractivity contribution in [1.29, 1.82) is 0 Å². The molecule has 5 nitrogen and oxygen atoms in total. The van der Waals surface area contributed by atoms with E-state index in [-0.39, 0.29) is 31.0 Å². The zero-order chi connectivity index (χ0) is 13.6. The third-order valence-electron chi connectivity index (χ3n) is 1.84. The first-order valence-corrected chi connectivity index (χ1v) is 5.70. The summed E-state index contributed by atoms with van der Waals surface area (Å²) < 4.78 is 5.63. The molecule has 7 heteroatoms. The molecule has 1 atom stereocenters. The van der Waals surface area contributed by atoms with Gasteiger partial charge in [0.1, 0.15) is 18.7 Å². The van der Waals surface area contributed by atoms with Crippen molar-refractivity contribution in [2.24, 2.45) is 0 Å². The van der Waals surface area contributed by atoms with Gasteiger partial charge in [0.05, 0.1) is 21.1 Å². The van der Waals surface area contributed by atoms with Gasteiger partial charge in [-0.1, -0.05) is 5.05 Å². The van der Waals surface area contributed by atoms with Crippen LogP contribution in [0, 0.1) is 0 Å². The molecule has 0 radical (unpaired) electrons. The Morgan fingerprint density at radius 1 is 1.33 bits per heavy atom. The molecular weight excluding hydrogens is 278 g/mol. The largest absolute Gasteiger partial charge is 0.867 e. The topological polar surface area (TPSA) is 66.4 Å². The highest BCUT2D eigenvalue weighted by molar-refractivity contribution is 7.79. The predicted octanol–water partition coefficient (Wildman–Crippen LogP) is 0.0831. The Morgan fingerprint density at radius 3 is 2.17 bits per heavy atom. The zero-order valence-electron chi connectivity index (χ0n) is 11.1. The van der Waals surface area contributed by atoms with Crippen molar-refractivity contribution in [3.8, 4) is 0 Å². The molecule has 106 valence electrons. The van der Waals surface area contributed by atoms with E-state index >= 15 is 0 Å². The second-order valence-electron chi connectivity index (χ2n) is 5.04. The van der Waals surface area contributed by atoms with E-state index in [4.69, 9.17) is 4.74 Å². The van der Waals surface area contributed by atoms with Crippen molar-refractivity contribution in [3.63, 3.8) is 0 Å². The maximum absolute atomic E-state index is 11.3. The number of likely N-dealkylation sites (N-methyl/N-ethyl adjacent to an activating group) is 1. The lowest BCUT2D eigenvalue weighted by molar-refractivity contribution is -0.873. The van der Waals surface area contributed by atoms with Crippen LogP contribution in [-0.4, -0.2) is 55.1 Å². The number of carbonyl (C=O) groups is 2. The molecule has 0 fully saturated rings. The number of nitrogens with zero attached hydrogens (tertiary/aromatic N) is 1. The number of esters is 1. The second-order valence-corrected chi connectivity index (χ2v) is 5.50. The van der Waals surface area contributed by atoms with E-state index < -0.39 is 17.1 Å². The number of carbonyl (C=O) groups excluding carboxylic acids is 2. The van der Waals surface area contributed by atoms with Gasteiger partial charge in [0, 0.05) is 6.42 Å². The van der Waals surface area contributed by atoms with Crippen LogP contribution in [0.5, 0.6) is 0 Å². The first kappa shape index (κ1) is 19.6. The van der Waals surface area contributed by atoms with Crippen LogP contribution in [0.25, 0.3) is 0 Å². The Bertz CT molecular complexity index is 315. The Balaban J connectivity index is 0. The molecule has 0 saturated carbocycles. The quantitative estimate of drug-likeness (QED) is 0.288. The van der Waals surface area contributed by atoms with Crippen LogP contribution in [0.4, 0.5) is 0 Å². The summed E-state index contributed by atoms with van der Waals surface area (Å²) in [5.41, 5.74) is 0. The van der Waals surface area contributed by atoms with E-state index in [1.807, 2.05) is 21.1 Å². The Hall–Kier alpha value is -0.720. The van der Waals surface area contributed by atoms with E-state index in [2.05, 4.69) is 12.2 Å². The lowest BCUT2D eigenvalue weighted by Crippen LogP contribution is -2.44. The molecule has 0 aromatic heterocycles. The number of Topliss-reactive ketones (excluding diaryl/α,β-unsaturated/α-hetero) is 1. The van der Waals surface area contributed by atoms with Crippen LogP contribution >= 0.6 is 24.6 Å². The van der Waals surface area contributed by atoms with Crippen molar-refractivity contribution in [2.75, 3.05) is 27.7 Å². The molecule has 1 unspecified atom stereocenters. The number of ketones is 1. The maximum Gasteiger partial charge on any atom is 0.313 e. The van der Waals surface area contributed by atoms with E-state index in [9.17, 15) is 14.7 Å². The van der Waals surface area contributed by atoms with Crippen molar-refractivity contribution in [2.45, 2.75) is 25.9 Å². The van der Waals surface area contributed by atoms with Crippen LogP contribution in [0.2, 0.25) is 0 Å². The lowest BCUT2D eigenvalue weighted by atomic mass is 10.2. The van der Waals surface area contributed by atoms with Gasteiger partial charge in [-0.3, -0.25) is 9.59 Å². The average molecular weight is 298 g/mol. The normalized spacial score (nSPS) is 12.2. The SMILES string of the molecule is CC(=O)CC(=O)OC(CC([O-])=S)C[N+](C)(C)C.Cl. The van der Waals surface area contributed by atoms with Gasteiger partial charge >= 0.3 is 5.97 Å². The van der Waals surface area contributed by atoms with Crippen molar-refractivity contribution < 1.29 is 23.9 Å². The maximum atomic E-state index is 11.3. The van der Waals surface area contributed by atoms with Gasteiger partial charge in [0.15, 0.2) is 6.10 Å². The Kier molecular flexibility index (Phi) is 9.15. The summed E-state index contributed by atoms with van der Waals surface area (Å²) in [5.74, 6) is -0.865. The fraction of sp³-hybridized carbons (Fsp3) is 0.727. The number of thiocarbonyl (C=S) groups is 1. The summed E-state index contributed by atoms with van der Waals surface area (Å²) in [7, 11) is 5.75. The Morgan fingerprint density at radius 2 is 1.83 bits per heavy atom. The highest BCUT2D eigenvalue weighted by Crippen LogP contribution is 2.06. The molecule has 18 heavy (non-hydrogen) atoms. The highest BCUT2D eigenvalue weighted by Gasteiger charge is 2.22. The second kappa shape index (κ2) is 8.39. The van der Waals surface area contributed by atoms with Gasteiger partial charge in [-0.25, -0.2) is 0 Å². The molecule has 0 spiro atoms. The molecule has 0 N–H and O–H groups in total. The number of hydrogen-bond acceptors (Lipinski definition) is 5. The standard InChI is InChI=1S/C11H19NO4S.ClH/c1-8(13)5-10(14)16-9(6-11(15)17)7-12(2,3)4;/h9H,5-7H2,1-4H3;1H. The van der Waals surface area contributed by atoms with Crippen molar-refractivity contribution in [3.05, 3.63) is 0 Å². The fourth-order valence-corrected chi connectivity index (χ4v) is 1.56. The van der Waals surface area contributed by atoms with Gasteiger partial charge in [0.2, 0.25) is 0 Å². The number of rotatable bonds is 7. The number of quaternary nitrogens is 1. The van der Waals surface area contributed by atoms with Gasteiger partial charge in [-0.05, 0) is 6.92 Å². The van der Waals surface area contributed by atoms with Gasteiger partial charge < -0.3 is 14.3 Å². The summed E-state index contributed by atoms with van der Waals surface area (Å²) in [5, 5.41) is 10.4. The monoisotopic (exact) mass is 297 g/mol. The molecule has 0 heterocycles. The minimum Gasteiger partial charge on any atom is -0.867 e. The van der Waals surface area contributed by atoms with Crippen LogP contribution in [0.3, 0.4) is 0 Å². The predicted molar refractivity (Wildman–Crippen MR) is 72.5 cm³/mol. The number of halogens is 1. The molecular formula is C11H20ClNO4S. The summed E-state index contributed by atoms with van der Waals surface area (Å²) in [6, 6.07) is 0. The minimum atomic E-state index is -0.604. The molecule has 0 aliphatic rings. The summed E-state index contributed by atoms with van der Waals surface area (Å²) in [6.07, 6.45) is -0.819. The van der Waals surface area contributed by atoms with Crippen molar-refractivity contribution in [1.82, 2.24) is 0 Å². The molecule has 0 aromatic rings. The molecule has 0 amide bonds. The molecule has 0 aliphatic heterocycles. The highest BCUT2D eigenvalue weighted by atomic mass is 35.5. The van der Waals surface area contributed by atoms with E-state index in [0.717, 1.165) is 0 Å². The van der Waals surface area contributed by atoms with Crippen LogP contribution in [-0.2, 0) is 14.3 Å². The number of ether oxygens (including phenoxy) is 1. The average Bonchev–Trinajstić information content (AvgIpc) is 1.95. The third kappa shape index (κ3) is 11.8. The zero-order valence-corrected chi connectivity index (χ0v) is 12.7. The fourth-order valence-electron chi connectivity index (χ4n) is 1.37. The first-order chi connectivity index (χ1) is 7.60. The molecule has 0 rings (SSSR count).